The number of phenolic OH excluding ortho intramolecular Hbond substituents is 1. The van der Waals surface area contributed by atoms with Gasteiger partial charge in [-0.2, -0.15) is 0 Å². The number of hydrogen-bond acceptors (Lipinski definition) is 3. The van der Waals surface area contributed by atoms with Gasteiger partial charge in [0.25, 0.3) is 5.91 Å². The highest BCUT2D eigenvalue weighted by atomic mass is 16.5. The van der Waals surface area contributed by atoms with Gasteiger partial charge in [-0.05, 0) is 18.2 Å². The van der Waals surface area contributed by atoms with Gasteiger partial charge in [-0.15, -0.1) is 0 Å². The average Bonchev–Trinajstić information content (AvgIpc) is 2.48. The molecule has 0 saturated carbocycles. The standard InChI is InChI=1S/C16H17NO3/c1-17(11-12-7-3-5-9-14(12)18)16(19)13-8-4-6-10-15(13)20-2/h3-10,18H,11H2,1-2H3. The van der Waals surface area contributed by atoms with E-state index < -0.39 is 0 Å². The van der Waals surface area contributed by atoms with Crippen molar-refractivity contribution in [2.24, 2.45) is 0 Å². The second kappa shape index (κ2) is 6.10. The summed E-state index contributed by atoms with van der Waals surface area (Å²) in [6, 6.07) is 14.1. The zero-order valence-corrected chi connectivity index (χ0v) is 11.5. The molecular weight excluding hydrogens is 254 g/mol. The van der Waals surface area contributed by atoms with Crippen LogP contribution in [0.15, 0.2) is 48.5 Å². The van der Waals surface area contributed by atoms with Crippen molar-refractivity contribution in [2.75, 3.05) is 14.2 Å². The summed E-state index contributed by atoms with van der Waals surface area (Å²) in [4.78, 5) is 14.0. The van der Waals surface area contributed by atoms with Crippen molar-refractivity contribution >= 4 is 5.91 Å². The number of amides is 1. The zero-order valence-electron chi connectivity index (χ0n) is 11.5. The number of hydrogen-bond donors (Lipinski definition) is 1. The van der Waals surface area contributed by atoms with Crippen LogP contribution in [0.25, 0.3) is 0 Å². The van der Waals surface area contributed by atoms with Crippen molar-refractivity contribution in [3.8, 4) is 11.5 Å². The summed E-state index contributed by atoms with van der Waals surface area (Å²) < 4.78 is 5.19. The second-order valence-electron chi connectivity index (χ2n) is 4.49. The molecule has 2 aromatic rings. The molecular formula is C16H17NO3. The van der Waals surface area contributed by atoms with E-state index in [1.54, 1.807) is 48.3 Å². The van der Waals surface area contributed by atoms with Crippen molar-refractivity contribution in [1.82, 2.24) is 4.90 Å². The first-order valence-electron chi connectivity index (χ1n) is 6.29. The minimum atomic E-state index is -0.147. The number of carbonyl (C=O) groups excluding carboxylic acids is 1. The van der Waals surface area contributed by atoms with Crippen molar-refractivity contribution in [3.05, 3.63) is 59.7 Å². The highest BCUT2D eigenvalue weighted by Gasteiger charge is 2.17. The molecule has 4 heteroatoms. The number of aromatic hydroxyl groups is 1. The highest BCUT2D eigenvalue weighted by Crippen LogP contribution is 2.22. The molecule has 1 N–H and O–H groups in total. The van der Waals surface area contributed by atoms with E-state index in [2.05, 4.69) is 0 Å². The minimum Gasteiger partial charge on any atom is -0.508 e. The predicted octanol–water partition coefficient (Wildman–Crippen LogP) is 2.67. The van der Waals surface area contributed by atoms with Gasteiger partial charge in [0.2, 0.25) is 0 Å². The summed E-state index contributed by atoms with van der Waals surface area (Å²) in [6.45, 7) is 0.337. The molecule has 0 unspecified atom stereocenters. The van der Waals surface area contributed by atoms with Crippen LogP contribution in [0.1, 0.15) is 15.9 Å². The summed E-state index contributed by atoms with van der Waals surface area (Å²) in [6.07, 6.45) is 0. The van der Waals surface area contributed by atoms with Crippen molar-refractivity contribution < 1.29 is 14.6 Å². The molecule has 1 amide bonds. The number of rotatable bonds is 4. The number of methoxy groups -OCH3 is 1. The Morgan fingerprint density at radius 3 is 2.50 bits per heavy atom. The molecule has 20 heavy (non-hydrogen) atoms. The van der Waals surface area contributed by atoms with Crippen LogP contribution < -0.4 is 4.74 Å². The van der Waals surface area contributed by atoms with E-state index in [9.17, 15) is 9.90 Å². The number of carbonyl (C=O) groups is 1. The minimum absolute atomic E-state index is 0.147. The SMILES string of the molecule is COc1ccccc1C(=O)N(C)Cc1ccccc1O. The molecule has 0 saturated heterocycles. The van der Waals surface area contributed by atoms with Gasteiger partial charge in [0.15, 0.2) is 0 Å². The maximum atomic E-state index is 12.4. The summed E-state index contributed by atoms with van der Waals surface area (Å²) in [5.74, 6) is 0.583. The van der Waals surface area contributed by atoms with E-state index in [1.807, 2.05) is 12.1 Å². The molecule has 2 rings (SSSR count). The molecule has 0 spiro atoms. The fraction of sp³-hybridized carbons (Fsp3) is 0.188. The average molecular weight is 271 g/mol. The molecule has 0 aliphatic carbocycles. The Morgan fingerprint density at radius 2 is 1.80 bits per heavy atom. The third-order valence-electron chi connectivity index (χ3n) is 3.08. The number of phenols is 1. The number of ether oxygens (including phenoxy) is 1. The third kappa shape index (κ3) is 2.91. The quantitative estimate of drug-likeness (QED) is 0.930. The van der Waals surface area contributed by atoms with Crippen LogP contribution in [0.5, 0.6) is 11.5 Å². The Bertz CT molecular complexity index is 610. The van der Waals surface area contributed by atoms with Crippen molar-refractivity contribution in [2.45, 2.75) is 6.54 Å². The zero-order chi connectivity index (χ0) is 14.5. The van der Waals surface area contributed by atoms with Crippen LogP contribution in [0.2, 0.25) is 0 Å². The first-order chi connectivity index (χ1) is 9.63. The Labute approximate surface area is 118 Å². The van der Waals surface area contributed by atoms with Crippen molar-refractivity contribution in [1.29, 1.82) is 0 Å². The van der Waals surface area contributed by atoms with Gasteiger partial charge >= 0.3 is 0 Å². The lowest BCUT2D eigenvalue weighted by molar-refractivity contribution is 0.0781. The van der Waals surface area contributed by atoms with Gasteiger partial charge in [-0.25, -0.2) is 0 Å². The monoisotopic (exact) mass is 271 g/mol. The van der Waals surface area contributed by atoms with Gasteiger partial charge < -0.3 is 14.7 Å². The predicted molar refractivity (Wildman–Crippen MR) is 76.9 cm³/mol. The molecule has 0 aliphatic rings. The summed E-state index contributed by atoms with van der Waals surface area (Å²) in [5.41, 5.74) is 1.21. The van der Waals surface area contributed by atoms with E-state index in [4.69, 9.17) is 4.74 Å². The lowest BCUT2D eigenvalue weighted by atomic mass is 10.1. The van der Waals surface area contributed by atoms with Crippen LogP contribution in [0, 0.1) is 0 Å². The van der Waals surface area contributed by atoms with Crippen molar-refractivity contribution in [3.63, 3.8) is 0 Å². The van der Waals surface area contributed by atoms with Gasteiger partial charge in [-0.3, -0.25) is 4.79 Å². The largest absolute Gasteiger partial charge is 0.508 e. The smallest absolute Gasteiger partial charge is 0.257 e. The molecule has 0 aliphatic heterocycles. The Hall–Kier alpha value is -2.49. The lowest BCUT2D eigenvalue weighted by Crippen LogP contribution is -2.26. The van der Waals surface area contributed by atoms with Crippen LogP contribution in [0.3, 0.4) is 0 Å². The van der Waals surface area contributed by atoms with E-state index in [-0.39, 0.29) is 11.7 Å². The van der Waals surface area contributed by atoms with Crippen LogP contribution in [0.4, 0.5) is 0 Å². The Balaban J connectivity index is 2.19. The summed E-state index contributed by atoms with van der Waals surface area (Å²) in [7, 11) is 3.23. The van der Waals surface area contributed by atoms with E-state index in [1.165, 1.54) is 7.11 Å². The van der Waals surface area contributed by atoms with E-state index in [0.717, 1.165) is 0 Å². The number of para-hydroxylation sites is 2. The molecule has 0 bridgehead atoms. The Kier molecular flexibility index (Phi) is 4.25. The van der Waals surface area contributed by atoms with Gasteiger partial charge in [0, 0.05) is 19.2 Å². The van der Waals surface area contributed by atoms with Crippen LogP contribution >= 0.6 is 0 Å². The maximum Gasteiger partial charge on any atom is 0.257 e. The van der Waals surface area contributed by atoms with Crippen LogP contribution in [-0.4, -0.2) is 30.1 Å². The first-order valence-corrected chi connectivity index (χ1v) is 6.29. The molecule has 4 nitrogen and oxygen atoms in total. The maximum absolute atomic E-state index is 12.4. The topological polar surface area (TPSA) is 49.8 Å². The molecule has 2 aromatic carbocycles. The van der Waals surface area contributed by atoms with Gasteiger partial charge in [0.1, 0.15) is 11.5 Å². The first kappa shape index (κ1) is 13.9. The fourth-order valence-corrected chi connectivity index (χ4v) is 2.00. The molecule has 0 aromatic heterocycles. The van der Waals surface area contributed by atoms with Crippen LogP contribution in [-0.2, 0) is 6.54 Å². The summed E-state index contributed by atoms with van der Waals surface area (Å²) >= 11 is 0. The molecule has 0 fully saturated rings. The number of nitrogens with zero attached hydrogens (tertiary/aromatic N) is 1. The van der Waals surface area contributed by atoms with Gasteiger partial charge in [-0.1, -0.05) is 30.3 Å². The lowest BCUT2D eigenvalue weighted by Gasteiger charge is -2.19. The normalized spacial score (nSPS) is 10.1. The number of benzene rings is 2. The molecule has 104 valence electrons. The third-order valence-corrected chi connectivity index (χ3v) is 3.08. The Morgan fingerprint density at radius 1 is 1.15 bits per heavy atom. The van der Waals surface area contributed by atoms with E-state index in [0.29, 0.717) is 23.4 Å². The summed E-state index contributed by atoms with van der Waals surface area (Å²) in [5, 5.41) is 9.75. The highest BCUT2D eigenvalue weighted by molar-refractivity contribution is 5.96. The van der Waals surface area contributed by atoms with E-state index >= 15 is 0 Å². The molecule has 0 radical (unpaired) electrons. The second-order valence-corrected chi connectivity index (χ2v) is 4.49. The molecule has 0 atom stereocenters. The van der Waals surface area contributed by atoms with Gasteiger partial charge in [0.05, 0.1) is 12.7 Å². The molecule has 0 heterocycles. The fourth-order valence-electron chi connectivity index (χ4n) is 2.00.